The minimum Gasteiger partial charge on any atom is -0.422 e. The van der Waals surface area contributed by atoms with Crippen molar-refractivity contribution in [1.29, 1.82) is 5.26 Å². The molecule has 1 aliphatic heterocycles. The van der Waals surface area contributed by atoms with E-state index in [9.17, 15) is 5.26 Å². The summed E-state index contributed by atoms with van der Waals surface area (Å²) in [7, 11) is 0. The highest BCUT2D eigenvalue weighted by molar-refractivity contribution is 6.30. The van der Waals surface area contributed by atoms with Crippen LogP contribution in [-0.2, 0) is 6.42 Å². The number of benzene rings is 2. The average Bonchev–Trinajstić information content (AvgIpc) is 3.13. The van der Waals surface area contributed by atoms with E-state index in [-0.39, 0.29) is 5.88 Å². The fourth-order valence-electron chi connectivity index (χ4n) is 4.21. The third-order valence-electron chi connectivity index (χ3n) is 5.81. The van der Waals surface area contributed by atoms with Crippen LogP contribution in [0.2, 0.25) is 5.15 Å². The van der Waals surface area contributed by atoms with Gasteiger partial charge >= 0.3 is 0 Å². The zero-order valence-electron chi connectivity index (χ0n) is 17.6. The first kappa shape index (κ1) is 20.1. The molecule has 2 N–H and O–H groups in total. The zero-order valence-corrected chi connectivity index (χ0v) is 18.4. The number of para-hydroxylation sites is 1. The van der Waals surface area contributed by atoms with E-state index in [1.54, 1.807) is 4.68 Å². The van der Waals surface area contributed by atoms with Gasteiger partial charge in [0.05, 0.1) is 28.4 Å². The minimum absolute atomic E-state index is 0.0422. The van der Waals surface area contributed by atoms with Crippen LogP contribution in [0, 0.1) is 18.3 Å². The quantitative estimate of drug-likeness (QED) is 0.443. The Morgan fingerprint density at radius 3 is 2.69 bits per heavy atom. The van der Waals surface area contributed by atoms with Crippen LogP contribution in [0.15, 0.2) is 66.1 Å². The van der Waals surface area contributed by atoms with Crippen LogP contribution in [0.4, 0.5) is 0 Å². The molecule has 1 atom stereocenters. The van der Waals surface area contributed by atoms with Gasteiger partial charge in [0.15, 0.2) is 0 Å². The summed E-state index contributed by atoms with van der Waals surface area (Å²) >= 11 is 6.67. The van der Waals surface area contributed by atoms with Crippen molar-refractivity contribution in [2.75, 3.05) is 0 Å². The van der Waals surface area contributed by atoms with Crippen molar-refractivity contribution in [1.82, 2.24) is 14.8 Å². The average molecular weight is 442 g/mol. The lowest BCUT2D eigenvalue weighted by molar-refractivity contribution is 0.367. The van der Waals surface area contributed by atoms with E-state index in [1.807, 2.05) is 55.5 Å². The fourth-order valence-corrected chi connectivity index (χ4v) is 4.47. The molecule has 3 heterocycles. The van der Waals surface area contributed by atoms with Gasteiger partial charge in [-0.3, -0.25) is 0 Å². The largest absolute Gasteiger partial charge is 0.422 e. The van der Waals surface area contributed by atoms with Crippen LogP contribution in [0.3, 0.4) is 0 Å². The Morgan fingerprint density at radius 1 is 1.19 bits per heavy atom. The number of aryl methyl sites for hydroxylation is 2. The summed E-state index contributed by atoms with van der Waals surface area (Å²) in [6.45, 7) is 4.00. The van der Waals surface area contributed by atoms with E-state index >= 15 is 0 Å². The highest BCUT2D eigenvalue weighted by atomic mass is 35.5. The first-order chi connectivity index (χ1) is 15.5. The van der Waals surface area contributed by atoms with Gasteiger partial charge in [-0.1, -0.05) is 42.8 Å². The van der Waals surface area contributed by atoms with Gasteiger partial charge in [-0.25, -0.2) is 9.67 Å². The number of rotatable bonds is 3. The first-order valence-electron chi connectivity index (χ1n) is 10.3. The maximum atomic E-state index is 9.96. The van der Waals surface area contributed by atoms with E-state index < -0.39 is 5.92 Å². The van der Waals surface area contributed by atoms with Crippen molar-refractivity contribution in [2.45, 2.75) is 26.2 Å². The summed E-state index contributed by atoms with van der Waals surface area (Å²) in [6.07, 6.45) is 0.911. The van der Waals surface area contributed by atoms with Crippen LogP contribution in [0.1, 0.15) is 35.2 Å². The van der Waals surface area contributed by atoms with E-state index in [0.29, 0.717) is 22.2 Å². The van der Waals surface area contributed by atoms with Crippen molar-refractivity contribution in [2.24, 2.45) is 5.73 Å². The third kappa shape index (κ3) is 3.10. The number of nitrogens with two attached hydrogens (primary N) is 1. The third-order valence-corrected chi connectivity index (χ3v) is 6.11. The first-order valence-corrected chi connectivity index (χ1v) is 10.7. The number of fused-ring (bicyclic) bond motifs is 2. The van der Waals surface area contributed by atoms with Crippen molar-refractivity contribution < 1.29 is 4.74 Å². The summed E-state index contributed by atoms with van der Waals surface area (Å²) in [6, 6.07) is 20.0. The molecule has 0 amide bonds. The Hall–Kier alpha value is -3.82. The topological polar surface area (TPSA) is 89.8 Å². The lowest BCUT2D eigenvalue weighted by Gasteiger charge is -2.25. The second-order valence-electron chi connectivity index (χ2n) is 7.73. The predicted octanol–water partition coefficient (Wildman–Crippen LogP) is 5.16. The lowest BCUT2D eigenvalue weighted by Crippen LogP contribution is -2.22. The minimum atomic E-state index is -0.532. The van der Waals surface area contributed by atoms with E-state index in [4.69, 9.17) is 27.2 Å². The second kappa shape index (κ2) is 7.70. The second-order valence-corrected chi connectivity index (χ2v) is 8.08. The molecule has 0 fully saturated rings. The highest BCUT2D eigenvalue weighted by Gasteiger charge is 2.37. The maximum absolute atomic E-state index is 9.96. The Labute approximate surface area is 190 Å². The number of allylic oxidation sites excluding steroid dienone is 1. The van der Waals surface area contributed by atoms with Crippen molar-refractivity contribution in [3.63, 3.8) is 0 Å². The summed E-state index contributed by atoms with van der Waals surface area (Å²) in [5.74, 6) is -0.00915. The molecule has 6 nitrogen and oxygen atoms in total. The number of aromatic nitrogens is 3. The molecule has 1 aliphatic rings. The molecule has 0 saturated heterocycles. The van der Waals surface area contributed by atoms with E-state index in [1.165, 1.54) is 5.56 Å². The standard InChI is InChI=1S/C25H20ClN5O/c1-3-15-9-10-20-16(11-15)12-18(23(26)29-20)22-19(13-27)24(28)32-25-21(22)14(2)30-31(25)17-7-5-4-6-8-17/h4-12,22H,3,28H2,1-2H3/t22-/m0/s1. The van der Waals surface area contributed by atoms with Gasteiger partial charge in [0.25, 0.3) is 0 Å². The molecule has 4 aromatic rings. The Balaban J connectivity index is 1.77. The smallest absolute Gasteiger partial charge is 0.229 e. The molecule has 158 valence electrons. The molecule has 0 spiro atoms. The Bertz CT molecular complexity index is 1430. The summed E-state index contributed by atoms with van der Waals surface area (Å²) in [5.41, 5.74) is 11.5. The van der Waals surface area contributed by atoms with Crippen LogP contribution in [0.25, 0.3) is 16.6 Å². The van der Waals surface area contributed by atoms with Gasteiger partial charge in [-0.15, -0.1) is 0 Å². The van der Waals surface area contributed by atoms with Gasteiger partial charge in [0.2, 0.25) is 11.8 Å². The van der Waals surface area contributed by atoms with Crippen molar-refractivity contribution in [3.8, 4) is 17.6 Å². The molecule has 2 aromatic heterocycles. The fraction of sp³-hybridized carbons (Fsp3) is 0.160. The predicted molar refractivity (Wildman–Crippen MR) is 124 cm³/mol. The lowest BCUT2D eigenvalue weighted by atomic mass is 9.84. The zero-order chi connectivity index (χ0) is 22.4. The van der Waals surface area contributed by atoms with Crippen LogP contribution in [-0.4, -0.2) is 14.8 Å². The number of halogens is 1. The molecule has 0 radical (unpaired) electrons. The summed E-state index contributed by atoms with van der Waals surface area (Å²) in [4.78, 5) is 4.61. The number of nitrogens with zero attached hydrogens (tertiary/aromatic N) is 4. The van der Waals surface area contributed by atoms with E-state index in [2.05, 4.69) is 24.0 Å². The molecule has 2 aromatic carbocycles. The van der Waals surface area contributed by atoms with Gasteiger partial charge in [-0.2, -0.15) is 10.4 Å². The number of pyridine rings is 1. The van der Waals surface area contributed by atoms with Crippen LogP contribution in [0.5, 0.6) is 5.88 Å². The molecule has 0 aliphatic carbocycles. The van der Waals surface area contributed by atoms with Gasteiger partial charge < -0.3 is 10.5 Å². The highest BCUT2D eigenvalue weighted by Crippen LogP contribution is 2.46. The molecule has 0 bridgehead atoms. The maximum Gasteiger partial charge on any atom is 0.229 e. The SMILES string of the molecule is CCc1ccc2nc(Cl)c([C@H]3C(C#N)=C(N)Oc4c3c(C)nn4-c3ccccc3)cc2c1. The molecular formula is C25H20ClN5O. The number of nitriles is 1. The number of hydrogen-bond donors (Lipinski definition) is 1. The molecule has 7 heteroatoms. The van der Waals surface area contributed by atoms with Gasteiger partial charge in [0.1, 0.15) is 16.8 Å². The molecular weight excluding hydrogens is 422 g/mol. The van der Waals surface area contributed by atoms with Crippen LogP contribution < -0.4 is 10.5 Å². The number of hydrogen-bond acceptors (Lipinski definition) is 5. The van der Waals surface area contributed by atoms with Crippen molar-refractivity contribution in [3.05, 3.63) is 93.6 Å². The summed E-state index contributed by atoms with van der Waals surface area (Å²) < 4.78 is 7.63. The van der Waals surface area contributed by atoms with Gasteiger partial charge in [0, 0.05) is 10.9 Å². The molecule has 0 saturated carbocycles. The normalized spacial score (nSPS) is 15.4. The van der Waals surface area contributed by atoms with E-state index in [0.717, 1.165) is 34.3 Å². The number of ether oxygens (including phenoxy) is 1. The van der Waals surface area contributed by atoms with Crippen LogP contribution >= 0.6 is 11.6 Å². The Kier molecular flexibility index (Phi) is 4.84. The van der Waals surface area contributed by atoms with Gasteiger partial charge in [-0.05, 0) is 49.2 Å². The molecule has 0 unspecified atom stereocenters. The Morgan fingerprint density at radius 2 is 1.97 bits per heavy atom. The van der Waals surface area contributed by atoms with Crippen molar-refractivity contribution >= 4 is 22.5 Å². The summed E-state index contributed by atoms with van der Waals surface area (Å²) in [5, 5.41) is 15.9. The molecule has 32 heavy (non-hydrogen) atoms. The molecule has 5 rings (SSSR count). The monoisotopic (exact) mass is 441 g/mol.